The second kappa shape index (κ2) is 5.46. The first-order valence-electron chi connectivity index (χ1n) is 4.36. The van der Waals surface area contributed by atoms with Crippen LogP contribution < -0.4 is 4.74 Å². The first kappa shape index (κ1) is 11.7. The highest BCUT2D eigenvalue weighted by molar-refractivity contribution is 7.80. The molecule has 1 aromatic rings. The lowest BCUT2D eigenvalue weighted by atomic mass is 10.1. The van der Waals surface area contributed by atoms with E-state index in [2.05, 4.69) is 12.6 Å². The van der Waals surface area contributed by atoms with Crippen molar-refractivity contribution in [2.45, 2.75) is 0 Å². The molecule has 0 spiro atoms. The molecule has 0 aliphatic carbocycles. The summed E-state index contributed by atoms with van der Waals surface area (Å²) >= 11 is 4.02. The Bertz CT molecular complexity index is 386. The Balaban J connectivity index is 3.21. The van der Waals surface area contributed by atoms with Gasteiger partial charge in [0, 0.05) is 11.3 Å². The van der Waals surface area contributed by atoms with Crippen LogP contribution in [-0.2, 0) is 0 Å². The molecule has 0 saturated heterocycles. The Morgan fingerprint density at radius 2 is 2.20 bits per heavy atom. The molecule has 0 fully saturated rings. The number of carbonyl (C=O) groups excluding carboxylic acids is 1. The number of methoxy groups -OCH3 is 1. The van der Waals surface area contributed by atoms with Crippen molar-refractivity contribution in [3.05, 3.63) is 29.3 Å². The topological polar surface area (TPSA) is 46.5 Å². The number of aromatic hydroxyl groups is 1. The summed E-state index contributed by atoms with van der Waals surface area (Å²) in [5, 5.41) is 9.52. The maximum atomic E-state index is 10.8. The minimum atomic E-state index is 0.0157. The molecule has 0 amide bonds. The number of rotatable bonds is 4. The Hall–Kier alpha value is -1.42. The van der Waals surface area contributed by atoms with Gasteiger partial charge in [-0.2, -0.15) is 12.6 Å². The summed E-state index contributed by atoms with van der Waals surface area (Å²) in [5.74, 6) is 0.882. The van der Waals surface area contributed by atoms with Crippen LogP contribution in [0.3, 0.4) is 0 Å². The van der Waals surface area contributed by atoms with Crippen molar-refractivity contribution in [2.24, 2.45) is 0 Å². The van der Waals surface area contributed by atoms with Crippen LogP contribution in [0.4, 0.5) is 0 Å². The molecule has 0 radical (unpaired) electrons. The van der Waals surface area contributed by atoms with Gasteiger partial charge in [0.1, 0.15) is 0 Å². The van der Waals surface area contributed by atoms with Crippen molar-refractivity contribution < 1.29 is 14.6 Å². The molecule has 15 heavy (non-hydrogen) atoms. The first-order valence-corrected chi connectivity index (χ1v) is 4.99. The molecule has 1 N–H and O–H groups in total. The van der Waals surface area contributed by atoms with E-state index >= 15 is 0 Å². The van der Waals surface area contributed by atoms with Crippen molar-refractivity contribution in [1.82, 2.24) is 0 Å². The number of hydrogen-bond donors (Lipinski definition) is 2. The van der Waals surface area contributed by atoms with Crippen LogP contribution in [0.5, 0.6) is 11.5 Å². The third kappa shape index (κ3) is 2.76. The highest BCUT2D eigenvalue weighted by atomic mass is 32.1. The number of hydrogen-bond acceptors (Lipinski definition) is 4. The predicted molar refractivity (Wildman–Crippen MR) is 62.9 cm³/mol. The number of thiol groups is 1. The summed E-state index contributed by atoms with van der Waals surface area (Å²) in [6, 6.07) is 2.99. The predicted octanol–water partition coefficient (Wildman–Crippen LogP) is 2.16. The quantitative estimate of drug-likeness (QED) is 0.608. The Labute approximate surface area is 93.8 Å². The summed E-state index contributed by atoms with van der Waals surface area (Å²) in [4.78, 5) is 10.8. The summed E-state index contributed by atoms with van der Waals surface area (Å²) in [6.07, 6.45) is 4.24. The van der Waals surface area contributed by atoms with Gasteiger partial charge in [-0.05, 0) is 17.7 Å². The molecule has 1 rings (SSSR count). The molecule has 0 saturated carbocycles. The first-order chi connectivity index (χ1) is 7.22. The Morgan fingerprint density at radius 1 is 1.47 bits per heavy atom. The third-order valence-electron chi connectivity index (χ3n) is 1.91. The van der Waals surface area contributed by atoms with Crippen LogP contribution in [0.15, 0.2) is 18.2 Å². The van der Waals surface area contributed by atoms with E-state index in [4.69, 9.17) is 4.74 Å². The molecule has 0 aliphatic rings. The fraction of sp³-hybridized carbons (Fsp3) is 0.182. The molecule has 0 atom stereocenters. The number of ether oxygens (including phenoxy) is 1. The zero-order valence-corrected chi connectivity index (χ0v) is 9.20. The maximum Gasteiger partial charge on any atom is 0.161 e. The monoisotopic (exact) mass is 224 g/mol. The minimum Gasteiger partial charge on any atom is -0.504 e. The zero-order valence-electron chi connectivity index (χ0n) is 8.30. The molecule has 3 nitrogen and oxygen atoms in total. The van der Waals surface area contributed by atoms with E-state index < -0.39 is 0 Å². The second-order valence-electron chi connectivity index (χ2n) is 2.86. The third-order valence-corrected chi connectivity index (χ3v) is 2.13. The largest absolute Gasteiger partial charge is 0.504 e. The molecule has 4 heteroatoms. The van der Waals surface area contributed by atoms with E-state index in [1.807, 2.05) is 0 Å². The van der Waals surface area contributed by atoms with Crippen molar-refractivity contribution >= 4 is 25.0 Å². The molecule has 0 aromatic heterocycles. The molecule has 0 unspecified atom stereocenters. The van der Waals surface area contributed by atoms with E-state index in [-0.39, 0.29) is 5.75 Å². The number of aldehydes is 1. The number of benzene rings is 1. The van der Waals surface area contributed by atoms with E-state index in [1.165, 1.54) is 19.2 Å². The smallest absolute Gasteiger partial charge is 0.161 e. The van der Waals surface area contributed by atoms with E-state index in [9.17, 15) is 9.90 Å². The Kier molecular flexibility index (Phi) is 4.24. The minimum absolute atomic E-state index is 0.0157. The van der Waals surface area contributed by atoms with E-state index in [0.717, 1.165) is 6.29 Å². The van der Waals surface area contributed by atoms with Crippen molar-refractivity contribution in [1.29, 1.82) is 0 Å². The Morgan fingerprint density at radius 3 is 2.73 bits per heavy atom. The van der Waals surface area contributed by atoms with Crippen LogP contribution >= 0.6 is 12.6 Å². The van der Waals surface area contributed by atoms with Gasteiger partial charge < -0.3 is 9.84 Å². The normalized spacial score (nSPS) is 10.5. The summed E-state index contributed by atoms with van der Waals surface area (Å²) in [5.41, 5.74) is 1.13. The highest BCUT2D eigenvalue weighted by Crippen LogP contribution is 2.29. The van der Waals surface area contributed by atoms with Gasteiger partial charge >= 0.3 is 0 Å². The van der Waals surface area contributed by atoms with Gasteiger partial charge in [-0.25, -0.2) is 0 Å². The molecular formula is C11H12O3S. The lowest BCUT2D eigenvalue weighted by Gasteiger charge is -2.06. The van der Waals surface area contributed by atoms with Crippen LogP contribution in [0.25, 0.3) is 6.08 Å². The van der Waals surface area contributed by atoms with E-state index in [0.29, 0.717) is 22.6 Å². The molecule has 80 valence electrons. The summed E-state index contributed by atoms with van der Waals surface area (Å²) < 4.78 is 4.90. The fourth-order valence-corrected chi connectivity index (χ4v) is 1.30. The van der Waals surface area contributed by atoms with Crippen LogP contribution in [0.1, 0.15) is 15.9 Å². The number of carbonyl (C=O) groups is 1. The SMILES string of the molecule is COc1cc(C=O)c(C=CCS)cc1O. The van der Waals surface area contributed by atoms with Gasteiger partial charge in [0.05, 0.1) is 7.11 Å². The number of phenolic OH excluding ortho intramolecular Hbond substituents is 1. The fourth-order valence-electron chi connectivity index (χ4n) is 1.19. The average molecular weight is 224 g/mol. The molecule has 0 aliphatic heterocycles. The molecule has 0 heterocycles. The van der Waals surface area contributed by atoms with Crippen LogP contribution in [0.2, 0.25) is 0 Å². The lowest BCUT2D eigenvalue weighted by Crippen LogP contribution is -1.90. The summed E-state index contributed by atoms with van der Waals surface area (Å²) in [7, 11) is 1.44. The standard InChI is InChI=1S/C11H12O3S/c1-14-11-6-9(7-12)8(3-2-4-15)5-10(11)13/h2-3,5-7,13,15H,4H2,1H3. The van der Waals surface area contributed by atoms with E-state index in [1.54, 1.807) is 12.2 Å². The van der Waals surface area contributed by atoms with Gasteiger partial charge in [-0.3, -0.25) is 4.79 Å². The molecule has 1 aromatic carbocycles. The molecule has 0 bridgehead atoms. The van der Waals surface area contributed by atoms with Crippen LogP contribution in [0, 0.1) is 0 Å². The zero-order chi connectivity index (χ0) is 11.3. The highest BCUT2D eigenvalue weighted by Gasteiger charge is 2.06. The van der Waals surface area contributed by atoms with Crippen LogP contribution in [-0.4, -0.2) is 24.3 Å². The van der Waals surface area contributed by atoms with Gasteiger partial charge in [0.15, 0.2) is 17.8 Å². The van der Waals surface area contributed by atoms with Gasteiger partial charge in [0.2, 0.25) is 0 Å². The van der Waals surface area contributed by atoms with Gasteiger partial charge in [-0.15, -0.1) is 0 Å². The van der Waals surface area contributed by atoms with Crippen molar-refractivity contribution in [3.8, 4) is 11.5 Å². The molecular weight excluding hydrogens is 212 g/mol. The second-order valence-corrected chi connectivity index (χ2v) is 3.22. The summed E-state index contributed by atoms with van der Waals surface area (Å²) in [6.45, 7) is 0. The average Bonchev–Trinajstić information content (AvgIpc) is 2.26. The van der Waals surface area contributed by atoms with Crippen molar-refractivity contribution in [2.75, 3.05) is 12.9 Å². The van der Waals surface area contributed by atoms with Gasteiger partial charge in [-0.1, -0.05) is 12.2 Å². The number of phenols is 1. The van der Waals surface area contributed by atoms with Crippen molar-refractivity contribution in [3.63, 3.8) is 0 Å². The lowest BCUT2D eigenvalue weighted by molar-refractivity contribution is 0.112. The van der Waals surface area contributed by atoms with Gasteiger partial charge in [0.25, 0.3) is 0 Å². The maximum absolute atomic E-state index is 10.8.